The van der Waals surface area contributed by atoms with Crippen LogP contribution in [0.2, 0.25) is 0 Å². The van der Waals surface area contributed by atoms with Crippen LogP contribution in [0.4, 0.5) is 4.39 Å². The van der Waals surface area contributed by atoms with E-state index in [0.29, 0.717) is 23.7 Å². The van der Waals surface area contributed by atoms with Crippen molar-refractivity contribution in [3.63, 3.8) is 0 Å². The molecule has 0 saturated heterocycles. The van der Waals surface area contributed by atoms with Gasteiger partial charge in [0.25, 0.3) is 0 Å². The van der Waals surface area contributed by atoms with Gasteiger partial charge in [-0.25, -0.2) is 12.8 Å². The van der Waals surface area contributed by atoms with Gasteiger partial charge in [-0.15, -0.1) is 0 Å². The van der Waals surface area contributed by atoms with Gasteiger partial charge in [-0.1, -0.05) is 18.2 Å². The molecule has 0 fully saturated rings. The summed E-state index contributed by atoms with van der Waals surface area (Å²) in [4.78, 5) is 12.2. The SMILES string of the molecule is COc1ccc(CCNC(=O)C(CCSC)NS(=O)(=O)c2ccccc2F)c(OC)c1. The maximum absolute atomic E-state index is 14.0. The van der Waals surface area contributed by atoms with E-state index < -0.39 is 32.7 Å². The van der Waals surface area contributed by atoms with Gasteiger partial charge in [-0.05, 0) is 48.6 Å². The van der Waals surface area contributed by atoms with Crippen molar-refractivity contribution in [2.24, 2.45) is 0 Å². The molecule has 1 unspecified atom stereocenters. The zero-order valence-electron chi connectivity index (χ0n) is 17.7. The molecule has 1 atom stereocenters. The molecule has 0 spiro atoms. The second kappa shape index (κ2) is 11.9. The molecule has 2 N–H and O–H groups in total. The highest BCUT2D eigenvalue weighted by molar-refractivity contribution is 7.98. The molecule has 2 aromatic rings. The Labute approximate surface area is 186 Å². The number of hydrogen-bond donors (Lipinski definition) is 2. The Balaban J connectivity index is 2.05. The number of hydrogen-bond acceptors (Lipinski definition) is 6. The second-order valence-corrected chi connectivity index (χ2v) is 9.27. The van der Waals surface area contributed by atoms with Gasteiger partial charge in [-0.3, -0.25) is 4.79 Å². The summed E-state index contributed by atoms with van der Waals surface area (Å²) in [5.74, 6) is 0.508. The van der Waals surface area contributed by atoms with Crippen LogP contribution in [-0.4, -0.2) is 53.1 Å². The summed E-state index contributed by atoms with van der Waals surface area (Å²) in [6.07, 6.45) is 2.61. The molecule has 0 bridgehead atoms. The number of rotatable bonds is 12. The molecule has 1 amide bonds. The summed E-state index contributed by atoms with van der Waals surface area (Å²) in [6, 6.07) is 9.43. The summed E-state index contributed by atoms with van der Waals surface area (Å²) in [7, 11) is -1.08. The normalized spacial score (nSPS) is 12.3. The predicted octanol–water partition coefficient (Wildman–Crippen LogP) is 2.60. The Kier molecular flexibility index (Phi) is 9.60. The molecular weight excluding hydrogens is 443 g/mol. The molecule has 7 nitrogen and oxygen atoms in total. The highest BCUT2D eigenvalue weighted by Crippen LogP contribution is 2.24. The van der Waals surface area contributed by atoms with Crippen LogP contribution in [0.15, 0.2) is 47.4 Å². The first-order valence-electron chi connectivity index (χ1n) is 9.56. The van der Waals surface area contributed by atoms with Crippen molar-refractivity contribution in [3.05, 3.63) is 53.8 Å². The molecule has 31 heavy (non-hydrogen) atoms. The number of carbonyl (C=O) groups excluding carboxylic acids is 1. The van der Waals surface area contributed by atoms with Crippen molar-refractivity contribution in [2.45, 2.75) is 23.8 Å². The van der Waals surface area contributed by atoms with E-state index in [0.717, 1.165) is 17.7 Å². The number of methoxy groups -OCH3 is 2. The number of sulfonamides is 1. The molecule has 10 heteroatoms. The molecule has 0 heterocycles. The minimum absolute atomic E-state index is 0.270. The minimum atomic E-state index is -4.19. The number of nitrogens with one attached hydrogen (secondary N) is 2. The van der Waals surface area contributed by atoms with Crippen molar-refractivity contribution < 1.29 is 27.1 Å². The van der Waals surface area contributed by atoms with E-state index in [-0.39, 0.29) is 13.0 Å². The average molecular weight is 471 g/mol. The number of amides is 1. The molecule has 0 aromatic heterocycles. The molecule has 170 valence electrons. The van der Waals surface area contributed by atoms with E-state index in [9.17, 15) is 17.6 Å². The van der Waals surface area contributed by atoms with E-state index in [1.807, 2.05) is 12.3 Å². The lowest BCUT2D eigenvalue weighted by molar-refractivity contribution is -0.122. The highest BCUT2D eigenvalue weighted by Gasteiger charge is 2.27. The molecule has 0 saturated carbocycles. The summed E-state index contributed by atoms with van der Waals surface area (Å²) in [5.41, 5.74) is 0.871. The standard InChI is InChI=1S/C21H27FN2O5S2/c1-28-16-9-8-15(19(14-16)29-2)10-12-23-21(25)18(11-13-30-3)24-31(26,27)20-7-5-4-6-17(20)22/h4-9,14,18,24H,10-13H2,1-3H3,(H,23,25). The lowest BCUT2D eigenvalue weighted by atomic mass is 10.1. The Bertz CT molecular complexity index is 985. The van der Waals surface area contributed by atoms with Crippen LogP contribution in [0.3, 0.4) is 0 Å². The predicted molar refractivity (Wildman–Crippen MR) is 120 cm³/mol. The number of halogens is 1. The fourth-order valence-electron chi connectivity index (χ4n) is 2.89. The average Bonchev–Trinajstić information content (AvgIpc) is 2.76. The molecule has 0 aliphatic carbocycles. The van der Waals surface area contributed by atoms with Gasteiger partial charge >= 0.3 is 0 Å². The topological polar surface area (TPSA) is 93.7 Å². The number of carbonyl (C=O) groups is 1. The zero-order valence-corrected chi connectivity index (χ0v) is 19.3. The quantitative estimate of drug-likeness (QED) is 0.495. The Morgan fingerprint density at radius 1 is 1.16 bits per heavy atom. The first-order chi connectivity index (χ1) is 14.8. The van der Waals surface area contributed by atoms with Crippen LogP contribution in [0.25, 0.3) is 0 Å². The first kappa shape index (κ1) is 25.0. The third-order valence-corrected chi connectivity index (χ3v) is 6.69. The summed E-state index contributed by atoms with van der Waals surface area (Å²) < 4.78 is 52.0. The van der Waals surface area contributed by atoms with Crippen LogP contribution < -0.4 is 19.5 Å². The van der Waals surface area contributed by atoms with E-state index in [4.69, 9.17) is 9.47 Å². The summed E-state index contributed by atoms with van der Waals surface area (Å²) >= 11 is 1.48. The highest BCUT2D eigenvalue weighted by atomic mass is 32.2. The van der Waals surface area contributed by atoms with Gasteiger partial charge in [0.15, 0.2) is 0 Å². The van der Waals surface area contributed by atoms with Gasteiger partial charge in [-0.2, -0.15) is 16.5 Å². The summed E-state index contributed by atoms with van der Waals surface area (Å²) in [5, 5.41) is 2.75. The van der Waals surface area contributed by atoms with Gasteiger partial charge in [0.05, 0.1) is 14.2 Å². The zero-order chi connectivity index (χ0) is 22.9. The lowest BCUT2D eigenvalue weighted by Crippen LogP contribution is -2.47. The molecule has 0 aliphatic heterocycles. The van der Waals surface area contributed by atoms with Gasteiger partial charge in [0.1, 0.15) is 28.3 Å². The Morgan fingerprint density at radius 2 is 1.90 bits per heavy atom. The van der Waals surface area contributed by atoms with Crippen molar-refractivity contribution in [2.75, 3.05) is 32.8 Å². The number of thioether (sulfide) groups is 1. The van der Waals surface area contributed by atoms with Crippen molar-refractivity contribution in [1.82, 2.24) is 10.0 Å². The van der Waals surface area contributed by atoms with E-state index >= 15 is 0 Å². The lowest BCUT2D eigenvalue weighted by Gasteiger charge is -2.19. The van der Waals surface area contributed by atoms with Crippen molar-refractivity contribution in [1.29, 1.82) is 0 Å². The maximum atomic E-state index is 14.0. The molecule has 2 aromatic carbocycles. The van der Waals surface area contributed by atoms with Crippen molar-refractivity contribution in [3.8, 4) is 11.5 Å². The smallest absolute Gasteiger partial charge is 0.244 e. The minimum Gasteiger partial charge on any atom is -0.497 e. The second-order valence-electron chi connectivity index (χ2n) is 6.60. The van der Waals surface area contributed by atoms with Crippen LogP contribution in [0, 0.1) is 5.82 Å². The first-order valence-corrected chi connectivity index (χ1v) is 12.4. The van der Waals surface area contributed by atoms with E-state index in [1.54, 1.807) is 26.4 Å². The van der Waals surface area contributed by atoms with E-state index in [2.05, 4.69) is 10.0 Å². The largest absolute Gasteiger partial charge is 0.497 e. The Hall–Kier alpha value is -2.30. The molecule has 2 rings (SSSR count). The molecule has 0 radical (unpaired) electrons. The monoisotopic (exact) mass is 470 g/mol. The third-order valence-electron chi connectivity index (χ3n) is 4.54. The van der Waals surface area contributed by atoms with Gasteiger partial charge in [0.2, 0.25) is 15.9 Å². The molecule has 0 aliphatic rings. The maximum Gasteiger partial charge on any atom is 0.244 e. The van der Waals surface area contributed by atoms with Crippen molar-refractivity contribution >= 4 is 27.7 Å². The Morgan fingerprint density at radius 3 is 2.55 bits per heavy atom. The number of ether oxygens (including phenoxy) is 2. The molecular formula is C21H27FN2O5S2. The van der Waals surface area contributed by atoms with Gasteiger partial charge in [0, 0.05) is 12.6 Å². The number of benzene rings is 2. The fourth-order valence-corrected chi connectivity index (χ4v) is 4.67. The van der Waals surface area contributed by atoms with Gasteiger partial charge < -0.3 is 14.8 Å². The van der Waals surface area contributed by atoms with Crippen LogP contribution >= 0.6 is 11.8 Å². The fraction of sp³-hybridized carbons (Fsp3) is 0.381. The van der Waals surface area contributed by atoms with Crippen LogP contribution in [0.1, 0.15) is 12.0 Å². The van der Waals surface area contributed by atoms with Crippen LogP contribution in [0.5, 0.6) is 11.5 Å². The third kappa shape index (κ3) is 7.12. The van der Waals surface area contributed by atoms with E-state index in [1.165, 1.54) is 23.9 Å². The summed E-state index contributed by atoms with van der Waals surface area (Å²) in [6.45, 7) is 0.277. The van der Waals surface area contributed by atoms with Crippen LogP contribution in [-0.2, 0) is 21.2 Å².